The van der Waals surface area contributed by atoms with Crippen LogP contribution in [0.3, 0.4) is 0 Å². The van der Waals surface area contributed by atoms with Gasteiger partial charge in [0, 0.05) is 33.8 Å². The van der Waals surface area contributed by atoms with Gasteiger partial charge in [-0.05, 0) is 61.4 Å². The summed E-state index contributed by atoms with van der Waals surface area (Å²) in [6.07, 6.45) is 1.98. The Morgan fingerprint density at radius 3 is 2.57 bits per heavy atom. The first-order valence-corrected chi connectivity index (χ1v) is 11.0. The van der Waals surface area contributed by atoms with Crippen molar-refractivity contribution in [3.63, 3.8) is 0 Å². The van der Waals surface area contributed by atoms with Gasteiger partial charge in [0.15, 0.2) is 0 Å². The minimum absolute atomic E-state index is 0.0389. The molecule has 5 nitrogen and oxygen atoms in total. The zero-order valence-corrected chi connectivity index (χ0v) is 18.1. The third-order valence-electron chi connectivity index (χ3n) is 4.63. The van der Waals surface area contributed by atoms with Crippen LogP contribution in [-0.4, -0.2) is 42.2 Å². The number of halogens is 1. The van der Waals surface area contributed by atoms with Crippen LogP contribution < -0.4 is 10.1 Å². The Kier molecular flexibility index (Phi) is 7.39. The molecule has 1 aliphatic heterocycles. The van der Waals surface area contributed by atoms with Gasteiger partial charge >= 0.3 is 0 Å². The van der Waals surface area contributed by atoms with Crippen LogP contribution >= 0.6 is 27.7 Å². The molecule has 7 heteroatoms. The third kappa shape index (κ3) is 5.52. The molecule has 2 aromatic carbocycles. The molecule has 1 saturated heterocycles. The van der Waals surface area contributed by atoms with Crippen LogP contribution in [0.15, 0.2) is 57.9 Å². The van der Waals surface area contributed by atoms with Crippen LogP contribution in [-0.2, 0) is 9.59 Å². The molecule has 1 fully saturated rings. The van der Waals surface area contributed by atoms with E-state index in [1.165, 1.54) is 0 Å². The van der Waals surface area contributed by atoms with E-state index in [-0.39, 0.29) is 11.8 Å². The summed E-state index contributed by atoms with van der Waals surface area (Å²) in [4.78, 5) is 28.2. The topological polar surface area (TPSA) is 58.6 Å². The molecule has 1 unspecified atom stereocenters. The molecule has 28 heavy (non-hydrogen) atoms. The fourth-order valence-corrected chi connectivity index (χ4v) is 4.27. The monoisotopic (exact) mass is 462 g/mol. The number of hydrogen-bond donors (Lipinski definition) is 1. The van der Waals surface area contributed by atoms with Gasteiger partial charge in [-0.3, -0.25) is 9.59 Å². The van der Waals surface area contributed by atoms with E-state index in [0.717, 1.165) is 21.5 Å². The number of methoxy groups -OCH3 is 1. The third-order valence-corrected chi connectivity index (χ3v) is 6.17. The number of carbonyl (C=O) groups excluding carboxylic acids is 2. The second-order valence-corrected chi connectivity index (χ2v) is 8.60. The highest BCUT2D eigenvalue weighted by atomic mass is 79.9. The lowest BCUT2D eigenvalue weighted by atomic mass is 10.2. The van der Waals surface area contributed by atoms with Crippen LogP contribution in [0.1, 0.15) is 19.3 Å². The van der Waals surface area contributed by atoms with Crippen molar-refractivity contribution in [3.05, 3.63) is 53.0 Å². The van der Waals surface area contributed by atoms with Crippen LogP contribution in [0.25, 0.3) is 0 Å². The molecule has 2 aromatic rings. The Bertz CT molecular complexity index is 811. The molecule has 1 N–H and O–H groups in total. The van der Waals surface area contributed by atoms with E-state index in [2.05, 4.69) is 21.2 Å². The summed E-state index contributed by atoms with van der Waals surface area (Å²) >= 11 is 5.07. The van der Waals surface area contributed by atoms with Gasteiger partial charge in [-0.15, -0.1) is 11.8 Å². The van der Waals surface area contributed by atoms with Gasteiger partial charge in [0.2, 0.25) is 11.8 Å². The number of nitrogens with one attached hydrogen (secondary N) is 1. The van der Waals surface area contributed by atoms with E-state index in [9.17, 15) is 9.59 Å². The lowest BCUT2D eigenvalue weighted by Gasteiger charge is -2.24. The number of anilines is 1. The number of thioether (sulfide) groups is 1. The van der Waals surface area contributed by atoms with Gasteiger partial charge in [-0.1, -0.05) is 15.9 Å². The van der Waals surface area contributed by atoms with E-state index in [1.54, 1.807) is 48.0 Å². The first-order valence-electron chi connectivity index (χ1n) is 9.19. The fraction of sp³-hybridized carbons (Fsp3) is 0.333. The molecular formula is C21H23BrN2O3S. The predicted octanol–water partition coefficient (Wildman–Crippen LogP) is 4.57. The Labute approximate surface area is 178 Å². The molecule has 1 heterocycles. The molecule has 1 atom stereocenters. The Morgan fingerprint density at radius 2 is 1.89 bits per heavy atom. The smallest absolute Gasteiger partial charge is 0.247 e. The molecular weight excluding hydrogens is 440 g/mol. The number of likely N-dealkylation sites (tertiary alicyclic amines) is 1. The second kappa shape index (κ2) is 9.98. The molecule has 0 aliphatic carbocycles. The lowest BCUT2D eigenvalue weighted by molar-refractivity contribution is -0.136. The number of benzene rings is 2. The van der Waals surface area contributed by atoms with Crippen molar-refractivity contribution >= 4 is 45.2 Å². The largest absolute Gasteiger partial charge is 0.497 e. The number of ether oxygens (including phenoxy) is 1. The molecule has 0 aromatic heterocycles. The number of hydrogen-bond acceptors (Lipinski definition) is 4. The quantitative estimate of drug-likeness (QED) is 0.612. The number of nitrogens with zero attached hydrogens (tertiary/aromatic N) is 1. The maximum absolute atomic E-state index is 12.7. The summed E-state index contributed by atoms with van der Waals surface area (Å²) in [5, 5.41) is 2.91. The first-order chi connectivity index (χ1) is 13.6. The van der Waals surface area contributed by atoms with Crippen molar-refractivity contribution in [3.8, 4) is 5.75 Å². The maximum Gasteiger partial charge on any atom is 0.247 e. The molecule has 0 radical (unpaired) electrons. The molecule has 0 spiro atoms. The number of carbonyl (C=O) groups is 2. The predicted molar refractivity (Wildman–Crippen MR) is 116 cm³/mol. The summed E-state index contributed by atoms with van der Waals surface area (Å²) in [5.74, 6) is 1.34. The van der Waals surface area contributed by atoms with Crippen molar-refractivity contribution in [2.24, 2.45) is 0 Å². The fourth-order valence-electron chi connectivity index (χ4n) is 3.17. The van der Waals surface area contributed by atoms with E-state index in [0.29, 0.717) is 30.8 Å². The van der Waals surface area contributed by atoms with Crippen LogP contribution in [0.2, 0.25) is 0 Å². The average Bonchev–Trinajstić information content (AvgIpc) is 3.20. The number of amides is 2. The van der Waals surface area contributed by atoms with Gasteiger partial charge in [0.05, 0.1) is 7.11 Å². The molecule has 1 aliphatic rings. The van der Waals surface area contributed by atoms with Crippen molar-refractivity contribution in [1.29, 1.82) is 0 Å². The number of rotatable bonds is 7. The van der Waals surface area contributed by atoms with Crippen LogP contribution in [0.5, 0.6) is 5.75 Å². The van der Waals surface area contributed by atoms with E-state index in [4.69, 9.17) is 4.74 Å². The first kappa shape index (κ1) is 20.7. The van der Waals surface area contributed by atoms with Crippen molar-refractivity contribution in [2.45, 2.75) is 30.2 Å². The molecule has 0 saturated carbocycles. The SMILES string of the molecule is COc1ccc(NC(=O)C2CCCN2C(=O)CCSc2ccc(Br)cc2)cc1. The van der Waals surface area contributed by atoms with Crippen LogP contribution in [0, 0.1) is 0 Å². The standard InChI is InChI=1S/C21H23BrN2O3S/c1-27-17-8-6-16(7-9-17)23-21(26)19-3-2-13-24(19)20(25)12-14-28-18-10-4-15(22)5-11-18/h4-11,19H,2-3,12-14H2,1H3,(H,23,26). The Hall–Kier alpha value is -1.99. The summed E-state index contributed by atoms with van der Waals surface area (Å²) < 4.78 is 6.17. The maximum atomic E-state index is 12.7. The van der Waals surface area contributed by atoms with Gasteiger partial charge < -0.3 is 15.0 Å². The average molecular weight is 463 g/mol. The van der Waals surface area contributed by atoms with Crippen molar-refractivity contribution in [2.75, 3.05) is 24.7 Å². The summed E-state index contributed by atoms with van der Waals surface area (Å²) in [5.41, 5.74) is 0.705. The van der Waals surface area contributed by atoms with Crippen LogP contribution in [0.4, 0.5) is 5.69 Å². The second-order valence-electron chi connectivity index (χ2n) is 6.52. The van der Waals surface area contributed by atoms with Gasteiger partial charge in [-0.2, -0.15) is 0 Å². The summed E-state index contributed by atoms with van der Waals surface area (Å²) in [7, 11) is 1.60. The van der Waals surface area contributed by atoms with E-state index < -0.39 is 6.04 Å². The van der Waals surface area contributed by atoms with E-state index >= 15 is 0 Å². The Balaban J connectivity index is 1.51. The lowest BCUT2D eigenvalue weighted by Crippen LogP contribution is -2.43. The highest BCUT2D eigenvalue weighted by Crippen LogP contribution is 2.24. The highest BCUT2D eigenvalue weighted by Gasteiger charge is 2.33. The summed E-state index contributed by atoms with van der Waals surface area (Å²) in [6, 6.07) is 14.8. The highest BCUT2D eigenvalue weighted by molar-refractivity contribution is 9.10. The minimum atomic E-state index is -0.396. The molecule has 2 amide bonds. The molecule has 148 valence electrons. The Morgan fingerprint density at radius 1 is 1.18 bits per heavy atom. The zero-order valence-electron chi connectivity index (χ0n) is 15.7. The normalized spacial score (nSPS) is 16.1. The summed E-state index contributed by atoms with van der Waals surface area (Å²) in [6.45, 7) is 0.641. The van der Waals surface area contributed by atoms with Gasteiger partial charge in [0.1, 0.15) is 11.8 Å². The van der Waals surface area contributed by atoms with Crippen molar-refractivity contribution in [1.82, 2.24) is 4.90 Å². The zero-order chi connectivity index (χ0) is 19.9. The molecule has 3 rings (SSSR count). The van der Waals surface area contributed by atoms with Crippen molar-refractivity contribution < 1.29 is 14.3 Å². The molecule has 0 bridgehead atoms. The van der Waals surface area contributed by atoms with E-state index in [1.807, 2.05) is 24.3 Å². The van der Waals surface area contributed by atoms with Gasteiger partial charge in [-0.25, -0.2) is 0 Å². The van der Waals surface area contributed by atoms with Gasteiger partial charge in [0.25, 0.3) is 0 Å². The minimum Gasteiger partial charge on any atom is -0.497 e.